The minimum atomic E-state index is -0.350. The number of amides is 1. The fraction of sp³-hybridized carbons (Fsp3) is 0.565. The third-order valence-corrected chi connectivity index (χ3v) is 5.97. The first-order valence-electron chi connectivity index (χ1n) is 11.4. The molecular weight excluding hydrogens is 442 g/mol. The molecule has 0 atom stereocenters. The van der Waals surface area contributed by atoms with E-state index in [4.69, 9.17) is 9.47 Å². The van der Waals surface area contributed by atoms with E-state index in [9.17, 15) is 9.59 Å². The van der Waals surface area contributed by atoms with E-state index in [1.165, 1.54) is 11.8 Å². The number of nitrogens with one attached hydrogen (secondary N) is 1. The van der Waals surface area contributed by atoms with Gasteiger partial charge in [-0.3, -0.25) is 9.36 Å². The van der Waals surface area contributed by atoms with Crippen molar-refractivity contribution in [1.29, 1.82) is 0 Å². The molecule has 180 valence electrons. The molecule has 0 saturated carbocycles. The number of thioether (sulfide) groups is 1. The summed E-state index contributed by atoms with van der Waals surface area (Å²) >= 11 is 1.37. The highest BCUT2D eigenvalue weighted by atomic mass is 32.2. The highest BCUT2D eigenvalue weighted by Gasteiger charge is 2.21. The van der Waals surface area contributed by atoms with Crippen LogP contribution in [0.1, 0.15) is 44.0 Å². The zero-order chi connectivity index (χ0) is 23.6. The van der Waals surface area contributed by atoms with E-state index in [0.29, 0.717) is 37.0 Å². The molecule has 1 fully saturated rings. The van der Waals surface area contributed by atoms with Gasteiger partial charge in [-0.15, -0.1) is 10.2 Å². The van der Waals surface area contributed by atoms with Gasteiger partial charge in [0, 0.05) is 25.3 Å². The molecule has 9 nitrogen and oxygen atoms in total. The molecule has 1 aliphatic rings. The molecule has 1 N–H and O–H groups in total. The molecule has 0 aliphatic carbocycles. The molecule has 33 heavy (non-hydrogen) atoms. The molecule has 0 unspecified atom stereocenters. The highest BCUT2D eigenvalue weighted by molar-refractivity contribution is 7.99. The Balaban J connectivity index is 1.56. The van der Waals surface area contributed by atoms with Crippen molar-refractivity contribution in [3.05, 3.63) is 29.8 Å². The van der Waals surface area contributed by atoms with E-state index < -0.39 is 0 Å². The van der Waals surface area contributed by atoms with Crippen molar-refractivity contribution in [3.63, 3.8) is 0 Å². The van der Waals surface area contributed by atoms with Crippen molar-refractivity contribution in [2.45, 2.75) is 45.3 Å². The van der Waals surface area contributed by atoms with Crippen molar-refractivity contribution in [2.24, 2.45) is 5.92 Å². The lowest BCUT2D eigenvalue weighted by Gasteiger charge is -2.28. The second kappa shape index (κ2) is 12.6. The lowest BCUT2D eigenvalue weighted by molar-refractivity contribution is -0.113. The third kappa shape index (κ3) is 7.46. The first kappa shape index (κ1) is 25.0. The van der Waals surface area contributed by atoms with Crippen LogP contribution in [0.25, 0.3) is 0 Å². The SMILES string of the molecule is CCCCOC(=O)c1ccc(NC(=O)CSc2nnc(N3CCOCC3)n2CC(C)C)cc1. The molecule has 1 aliphatic heterocycles. The fourth-order valence-electron chi connectivity index (χ4n) is 3.32. The van der Waals surface area contributed by atoms with Crippen LogP contribution < -0.4 is 10.2 Å². The summed E-state index contributed by atoms with van der Waals surface area (Å²) in [5.41, 5.74) is 1.10. The highest BCUT2D eigenvalue weighted by Crippen LogP contribution is 2.24. The van der Waals surface area contributed by atoms with Gasteiger partial charge in [0.25, 0.3) is 0 Å². The Morgan fingerprint density at radius 1 is 1.18 bits per heavy atom. The van der Waals surface area contributed by atoms with E-state index >= 15 is 0 Å². The van der Waals surface area contributed by atoms with E-state index in [2.05, 4.69) is 38.8 Å². The monoisotopic (exact) mass is 475 g/mol. The van der Waals surface area contributed by atoms with Gasteiger partial charge in [0.2, 0.25) is 11.9 Å². The quantitative estimate of drug-likeness (QED) is 0.300. The molecule has 1 aromatic carbocycles. The summed E-state index contributed by atoms with van der Waals surface area (Å²) in [4.78, 5) is 26.7. The molecular formula is C23H33N5O4S. The predicted molar refractivity (Wildman–Crippen MR) is 129 cm³/mol. The predicted octanol–water partition coefficient (Wildman–Crippen LogP) is 3.46. The summed E-state index contributed by atoms with van der Waals surface area (Å²) in [6, 6.07) is 6.73. The molecule has 2 aromatic rings. The summed E-state index contributed by atoms with van der Waals surface area (Å²) in [5.74, 6) is 0.959. The van der Waals surface area contributed by atoms with Gasteiger partial charge in [-0.2, -0.15) is 0 Å². The summed E-state index contributed by atoms with van der Waals surface area (Å²) in [5, 5.41) is 12.3. The van der Waals surface area contributed by atoms with Crippen LogP contribution in [0.4, 0.5) is 11.6 Å². The zero-order valence-corrected chi connectivity index (χ0v) is 20.4. The summed E-state index contributed by atoms with van der Waals surface area (Å²) in [6.45, 7) is 10.4. The first-order valence-corrected chi connectivity index (χ1v) is 12.4. The van der Waals surface area contributed by atoms with Crippen LogP contribution in [0, 0.1) is 5.92 Å². The van der Waals surface area contributed by atoms with Gasteiger partial charge in [-0.1, -0.05) is 39.0 Å². The van der Waals surface area contributed by atoms with E-state index in [1.54, 1.807) is 24.3 Å². The number of rotatable bonds is 11. The Labute approximate surface area is 199 Å². The van der Waals surface area contributed by atoms with Crippen LogP contribution in [0.2, 0.25) is 0 Å². The number of unbranched alkanes of at least 4 members (excludes halogenated alkanes) is 1. The normalized spacial score (nSPS) is 13.9. The second-order valence-electron chi connectivity index (χ2n) is 8.29. The molecule has 1 saturated heterocycles. The van der Waals surface area contributed by atoms with Gasteiger partial charge < -0.3 is 19.7 Å². The van der Waals surface area contributed by atoms with Gasteiger partial charge in [-0.25, -0.2) is 4.79 Å². The van der Waals surface area contributed by atoms with Crippen molar-refractivity contribution in [1.82, 2.24) is 14.8 Å². The summed E-state index contributed by atoms with van der Waals surface area (Å²) in [6.07, 6.45) is 1.81. The van der Waals surface area contributed by atoms with Gasteiger partial charge >= 0.3 is 5.97 Å². The average molecular weight is 476 g/mol. The van der Waals surface area contributed by atoms with Crippen LogP contribution in [-0.2, 0) is 20.8 Å². The molecule has 2 heterocycles. The number of ether oxygens (including phenoxy) is 2. The standard InChI is InChI=1S/C23H33N5O4S/c1-4-5-12-32-21(30)18-6-8-19(9-7-18)24-20(29)16-33-23-26-25-22(28(23)15-17(2)3)27-10-13-31-14-11-27/h6-9,17H,4-5,10-16H2,1-3H3,(H,24,29). The number of carbonyl (C=O) groups excluding carboxylic acids is 2. The minimum absolute atomic E-state index is 0.148. The zero-order valence-electron chi connectivity index (χ0n) is 19.6. The summed E-state index contributed by atoms with van der Waals surface area (Å²) in [7, 11) is 0. The molecule has 10 heteroatoms. The Hall–Kier alpha value is -2.59. The number of aromatic nitrogens is 3. The van der Waals surface area contributed by atoms with Crippen molar-refractivity contribution in [3.8, 4) is 0 Å². The smallest absolute Gasteiger partial charge is 0.338 e. The molecule has 0 radical (unpaired) electrons. The van der Waals surface area contributed by atoms with E-state index in [-0.39, 0.29) is 17.6 Å². The van der Waals surface area contributed by atoms with Gasteiger partial charge in [0.15, 0.2) is 5.16 Å². The maximum Gasteiger partial charge on any atom is 0.338 e. The molecule has 3 rings (SSSR count). The Morgan fingerprint density at radius 3 is 2.58 bits per heavy atom. The average Bonchev–Trinajstić information content (AvgIpc) is 3.20. The number of hydrogen-bond donors (Lipinski definition) is 1. The number of esters is 1. The van der Waals surface area contributed by atoms with Crippen LogP contribution in [-0.4, -0.2) is 65.3 Å². The largest absolute Gasteiger partial charge is 0.462 e. The van der Waals surface area contributed by atoms with Gasteiger partial charge in [-0.05, 0) is 36.6 Å². The number of nitrogens with zero attached hydrogens (tertiary/aromatic N) is 4. The Bertz CT molecular complexity index is 910. The van der Waals surface area contributed by atoms with Crippen LogP contribution in [0.3, 0.4) is 0 Å². The van der Waals surface area contributed by atoms with E-state index in [0.717, 1.165) is 43.6 Å². The van der Waals surface area contributed by atoms with Gasteiger partial charge in [0.05, 0.1) is 31.1 Å². The summed E-state index contributed by atoms with van der Waals surface area (Å²) < 4.78 is 12.7. The van der Waals surface area contributed by atoms with Crippen LogP contribution in [0.5, 0.6) is 0 Å². The lowest BCUT2D eigenvalue weighted by Crippen LogP contribution is -2.38. The molecule has 0 spiro atoms. The first-order chi connectivity index (χ1) is 16.0. The van der Waals surface area contributed by atoms with Crippen molar-refractivity contribution >= 4 is 35.3 Å². The molecule has 1 aromatic heterocycles. The second-order valence-corrected chi connectivity index (χ2v) is 9.23. The Kier molecular flexibility index (Phi) is 9.56. The topological polar surface area (TPSA) is 98.6 Å². The van der Waals surface area contributed by atoms with Crippen LogP contribution >= 0.6 is 11.8 Å². The number of carbonyl (C=O) groups is 2. The Morgan fingerprint density at radius 2 is 1.91 bits per heavy atom. The van der Waals surface area contributed by atoms with Gasteiger partial charge in [0.1, 0.15) is 0 Å². The number of anilines is 2. The van der Waals surface area contributed by atoms with E-state index in [1.807, 2.05) is 6.92 Å². The van der Waals surface area contributed by atoms with Crippen molar-refractivity contribution in [2.75, 3.05) is 48.9 Å². The maximum absolute atomic E-state index is 12.5. The molecule has 1 amide bonds. The number of benzene rings is 1. The number of hydrogen-bond acceptors (Lipinski definition) is 8. The minimum Gasteiger partial charge on any atom is -0.462 e. The number of morpholine rings is 1. The maximum atomic E-state index is 12.5. The van der Waals surface area contributed by atoms with Crippen molar-refractivity contribution < 1.29 is 19.1 Å². The fourth-order valence-corrected chi connectivity index (χ4v) is 4.06. The molecule has 0 bridgehead atoms. The van der Waals surface area contributed by atoms with Crippen LogP contribution in [0.15, 0.2) is 29.4 Å². The third-order valence-electron chi connectivity index (χ3n) is 5.01. The lowest BCUT2D eigenvalue weighted by atomic mass is 10.2.